The first-order valence-corrected chi connectivity index (χ1v) is 12.0. The molecule has 0 fully saturated rings. The third kappa shape index (κ3) is 4.41. The molecule has 0 aliphatic carbocycles. The van der Waals surface area contributed by atoms with Gasteiger partial charge in [-0.2, -0.15) is 5.10 Å². The van der Waals surface area contributed by atoms with Gasteiger partial charge in [0.1, 0.15) is 5.82 Å². The third-order valence-corrected chi connectivity index (χ3v) is 9.96. The second-order valence-electron chi connectivity index (χ2n) is 8.25. The van der Waals surface area contributed by atoms with Crippen LogP contribution in [0.4, 0.5) is 10.1 Å². The quantitative estimate of drug-likeness (QED) is 0.376. The molecule has 0 unspecified atom stereocenters. The summed E-state index contributed by atoms with van der Waals surface area (Å²) in [7, 11) is 1.13. The summed E-state index contributed by atoms with van der Waals surface area (Å²) in [6.45, 7) is 11.3. The van der Waals surface area contributed by atoms with Gasteiger partial charge in [-0.15, -0.1) is 0 Å². The number of ether oxygens (including phenoxy) is 1. The van der Waals surface area contributed by atoms with Crippen LogP contribution in [-0.4, -0.2) is 36.7 Å². The minimum absolute atomic E-state index is 0.0883. The number of nitro groups is 1. The van der Waals surface area contributed by atoms with E-state index in [0.717, 1.165) is 11.8 Å². The summed E-state index contributed by atoms with van der Waals surface area (Å²) in [5, 5.41) is 15.6. The van der Waals surface area contributed by atoms with E-state index in [2.05, 4.69) is 39.0 Å². The Morgan fingerprint density at radius 1 is 1.29 bits per heavy atom. The summed E-state index contributed by atoms with van der Waals surface area (Å²) < 4.78 is 27.5. The predicted molar refractivity (Wildman–Crippen MR) is 109 cm³/mol. The first-order chi connectivity index (χ1) is 12.9. The predicted octanol–water partition coefficient (Wildman–Crippen LogP) is 4.71. The molecule has 0 N–H and O–H groups in total. The largest absolute Gasteiger partial charge is 0.490 e. The van der Waals surface area contributed by atoms with E-state index >= 15 is 0 Å². The van der Waals surface area contributed by atoms with Crippen molar-refractivity contribution in [3.63, 3.8) is 0 Å². The molecule has 1 heterocycles. The van der Waals surface area contributed by atoms with Gasteiger partial charge in [-0.05, 0) is 18.1 Å². The molecule has 0 saturated heterocycles. The van der Waals surface area contributed by atoms with Crippen molar-refractivity contribution in [2.24, 2.45) is 7.05 Å². The van der Waals surface area contributed by atoms with Crippen LogP contribution in [0.25, 0.3) is 11.1 Å². The molecular formula is C19H28FN3O4Si. The van der Waals surface area contributed by atoms with Crippen molar-refractivity contribution in [3.05, 3.63) is 40.0 Å². The van der Waals surface area contributed by atoms with Crippen molar-refractivity contribution in [3.8, 4) is 16.9 Å². The van der Waals surface area contributed by atoms with Crippen molar-refractivity contribution in [1.82, 2.24) is 9.78 Å². The summed E-state index contributed by atoms with van der Waals surface area (Å²) in [4.78, 5) is 10.7. The van der Waals surface area contributed by atoms with Crippen LogP contribution in [0.1, 0.15) is 26.5 Å². The highest BCUT2D eigenvalue weighted by molar-refractivity contribution is 6.74. The summed E-state index contributed by atoms with van der Waals surface area (Å²) in [6, 6.07) is 2.24. The molecule has 0 bridgehead atoms. The maximum atomic E-state index is 14.7. The fourth-order valence-corrected chi connectivity index (χ4v) is 3.71. The zero-order chi connectivity index (χ0) is 21.3. The number of aromatic nitrogens is 2. The average molecular weight is 410 g/mol. The Kier molecular flexibility index (Phi) is 6.30. The average Bonchev–Trinajstić information content (AvgIpc) is 2.94. The molecule has 0 atom stereocenters. The lowest BCUT2D eigenvalue weighted by molar-refractivity contribution is -0.385. The molecule has 2 aromatic rings. The van der Waals surface area contributed by atoms with Crippen LogP contribution in [0, 0.1) is 15.9 Å². The zero-order valence-corrected chi connectivity index (χ0v) is 18.5. The van der Waals surface area contributed by atoms with E-state index in [-0.39, 0.29) is 22.0 Å². The van der Waals surface area contributed by atoms with Gasteiger partial charge < -0.3 is 9.16 Å². The SMILES string of the molecule is COc1cc(F)c(-c2cnn(C)c2CCO[Si](C)(C)C(C)(C)C)cc1[N+](=O)[O-]. The Morgan fingerprint density at radius 2 is 1.93 bits per heavy atom. The van der Waals surface area contributed by atoms with Gasteiger partial charge in [-0.25, -0.2) is 4.39 Å². The Morgan fingerprint density at radius 3 is 2.46 bits per heavy atom. The van der Waals surface area contributed by atoms with Gasteiger partial charge in [0.25, 0.3) is 0 Å². The van der Waals surface area contributed by atoms with Crippen LogP contribution >= 0.6 is 0 Å². The number of hydrogen-bond donors (Lipinski definition) is 0. The van der Waals surface area contributed by atoms with Crippen LogP contribution in [0.2, 0.25) is 18.1 Å². The van der Waals surface area contributed by atoms with E-state index in [1.54, 1.807) is 11.7 Å². The lowest BCUT2D eigenvalue weighted by Gasteiger charge is -2.36. The standard InChI is InChI=1S/C19H28FN3O4Si/c1-19(2,3)28(6,7)27-9-8-16-14(12-21-22(16)4)13-10-17(23(24)25)18(26-5)11-15(13)20/h10-12H,8-9H2,1-7H3. The lowest BCUT2D eigenvalue weighted by Crippen LogP contribution is -2.41. The van der Waals surface area contributed by atoms with E-state index in [1.165, 1.54) is 19.4 Å². The highest BCUT2D eigenvalue weighted by Crippen LogP contribution is 2.38. The van der Waals surface area contributed by atoms with Crippen molar-refractivity contribution in [2.75, 3.05) is 13.7 Å². The molecule has 0 aliphatic rings. The number of benzene rings is 1. The van der Waals surface area contributed by atoms with Gasteiger partial charge in [-0.1, -0.05) is 20.8 Å². The molecule has 1 aromatic heterocycles. The van der Waals surface area contributed by atoms with Crippen molar-refractivity contribution >= 4 is 14.0 Å². The Labute approximate surface area is 165 Å². The summed E-state index contributed by atoms with van der Waals surface area (Å²) >= 11 is 0. The Hall–Kier alpha value is -2.26. The van der Waals surface area contributed by atoms with Gasteiger partial charge in [0, 0.05) is 49.0 Å². The van der Waals surface area contributed by atoms with Gasteiger partial charge in [0.05, 0.1) is 18.2 Å². The second-order valence-corrected chi connectivity index (χ2v) is 13.1. The van der Waals surface area contributed by atoms with E-state index < -0.39 is 19.1 Å². The second kappa shape index (κ2) is 8.00. The maximum absolute atomic E-state index is 14.7. The topological polar surface area (TPSA) is 79.4 Å². The lowest BCUT2D eigenvalue weighted by atomic mass is 10.0. The summed E-state index contributed by atoms with van der Waals surface area (Å²) in [5.41, 5.74) is 1.12. The molecule has 0 saturated carbocycles. The molecule has 28 heavy (non-hydrogen) atoms. The number of methoxy groups -OCH3 is 1. The number of hydrogen-bond acceptors (Lipinski definition) is 5. The molecular weight excluding hydrogens is 381 g/mol. The van der Waals surface area contributed by atoms with E-state index in [1.807, 2.05) is 0 Å². The minimum atomic E-state index is -1.91. The van der Waals surface area contributed by atoms with Gasteiger partial charge in [-0.3, -0.25) is 14.8 Å². The van der Waals surface area contributed by atoms with E-state index in [4.69, 9.17) is 9.16 Å². The molecule has 0 aliphatic heterocycles. The minimum Gasteiger partial charge on any atom is -0.490 e. The monoisotopic (exact) mass is 409 g/mol. The molecule has 0 spiro atoms. The Balaban J connectivity index is 2.35. The maximum Gasteiger partial charge on any atom is 0.311 e. The number of nitro benzene ring substituents is 1. The number of nitrogens with zero attached hydrogens (tertiary/aromatic N) is 3. The molecule has 0 radical (unpaired) electrons. The first-order valence-electron chi connectivity index (χ1n) is 9.06. The van der Waals surface area contributed by atoms with Crippen LogP contribution < -0.4 is 4.74 Å². The van der Waals surface area contributed by atoms with Crippen LogP contribution in [0.15, 0.2) is 18.3 Å². The van der Waals surface area contributed by atoms with E-state index in [0.29, 0.717) is 18.6 Å². The smallest absolute Gasteiger partial charge is 0.311 e. The highest BCUT2D eigenvalue weighted by atomic mass is 28.4. The highest BCUT2D eigenvalue weighted by Gasteiger charge is 2.37. The molecule has 1 aromatic carbocycles. The fourth-order valence-electron chi connectivity index (χ4n) is 2.66. The zero-order valence-electron chi connectivity index (χ0n) is 17.5. The summed E-state index contributed by atoms with van der Waals surface area (Å²) in [6.07, 6.45) is 2.05. The molecule has 154 valence electrons. The van der Waals surface area contributed by atoms with Crippen molar-refractivity contribution in [2.45, 2.75) is 45.3 Å². The van der Waals surface area contributed by atoms with Gasteiger partial charge in [0.2, 0.25) is 0 Å². The molecule has 0 amide bonds. The van der Waals surface area contributed by atoms with Crippen molar-refractivity contribution < 1.29 is 18.5 Å². The van der Waals surface area contributed by atoms with Gasteiger partial charge in [0.15, 0.2) is 14.1 Å². The van der Waals surface area contributed by atoms with Crippen molar-refractivity contribution in [1.29, 1.82) is 0 Å². The fraction of sp³-hybridized carbons (Fsp3) is 0.526. The first kappa shape index (κ1) is 22.0. The number of halogens is 1. The third-order valence-electron chi connectivity index (χ3n) is 5.42. The Bertz CT molecular complexity index is 875. The number of rotatable bonds is 7. The molecule has 2 rings (SSSR count). The van der Waals surface area contributed by atoms with E-state index in [9.17, 15) is 14.5 Å². The number of aryl methyl sites for hydroxylation is 1. The van der Waals surface area contributed by atoms with Gasteiger partial charge >= 0.3 is 5.69 Å². The molecule has 7 nitrogen and oxygen atoms in total. The summed E-state index contributed by atoms with van der Waals surface area (Å²) in [5.74, 6) is -0.708. The van der Waals surface area contributed by atoms with Crippen LogP contribution in [0.5, 0.6) is 5.75 Å². The molecule has 9 heteroatoms. The normalized spacial score (nSPS) is 12.3. The van der Waals surface area contributed by atoms with Crippen LogP contribution in [-0.2, 0) is 17.9 Å². The van der Waals surface area contributed by atoms with Crippen LogP contribution in [0.3, 0.4) is 0 Å².